The molecule has 0 heterocycles. The van der Waals surface area contributed by atoms with Gasteiger partial charge in [-0.25, -0.2) is 4.11 Å². The van der Waals surface area contributed by atoms with Gasteiger partial charge in [-0.3, -0.25) is 0 Å². The first kappa shape index (κ1) is 4.69. The van der Waals surface area contributed by atoms with Crippen LogP contribution in [0.15, 0.2) is 12.3 Å². The smallest absolute Gasteiger partial charge is 0.340 e. The van der Waals surface area contributed by atoms with Gasteiger partial charge in [0, 0.05) is 0 Å². The Kier molecular flexibility index (Phi) is 1.84. The molecule has 0 atom stereocenters. The van der Waals surface area contributed by atoms with Gasteiger partial charge in [-0.1, -0.05) is 6.58 Å². The first-order valence-electron chi connectivity index (χ1n) is 1.09. The minimum absolute atomic E-state index is 0.796. The zero-order chi connectivity index (χ0) is 4.28. The van der Waals surface area contributed by atoms with E-state index < -0.39 is 9.02 Å². The van der Waals surface area contributed by atoms with Crippen LogP contribution >= 0.6 is 0 Å². The fraction of sp³-hybridized carbons (Fsp3) is 0. The van der Waals surface area contributed by atoms with Crippen LogP contribution in [0.25, 0.3) is 0 Å². The predicted octanol–water partition coefficient (Wildman–Crippen LogP) is 0.600. The van der Waals surface area contributed by atoms with Crippen molar-refractivity contribution in [3.05, 3.63) is 12.3 Å². The fourth-order valence-electron chi connectivity index (χ4n) is 0. The van der Waals surface area contributed by atoms with Gasteiger partial charge in [0.25, 0.3) is 0 Å². The summed E-state index contributed by atoms with van der Waals surface area (Å²) in [4.78, 5) is 0. The molecule has 0 amide bonds. The molecule has 0 radical (unpaired) electrons. The van der Waals surface area contributed by atoms with Crippen LogP contribution in [0.2, 0.25) is 0 Å². The summed E-state index contributed by atoms with van der Waals surface area (Å²) < 4.78 is 20.1. The Morgan fingerprint density at radius 2 is 2.20 bits per heavy atom. The van der Waals surface area contributed by atoms with Crippen LogP contribution in [0.3, 0.4) is 0 Å². The highest BCUT2D eigenvalue weighted by atomic mass is 28.3. The molecular formula is C2H3FOSi. The average Bonchev–Trinajstić information content (AvgIpc) is 1.38. The van der Waals surface area contributed by atoms with Crippen LogP contribution in [-0.2, 0) is 4.46 Å². The normalized spacial score (nSPS) is 6.60. The van der Waals surface area contributed by atoms with Crippen molar-refractivity contribution in [2.24, 2.45) is 0 Å². The Bertz CT molecular complexity index is 60.7. The minimum atomic E-state index is -2.86. The molecule has 0 rings (SSSR count). The summed E-state index contributed by atoms with van der Waals surface area (Å²) in [6.07, 6.45) is 0. The molecule has 28 valence electrons. The summed E-state index contributed by atoms with van der Waals surface area (Å²) >= 11 is 0. The van der Waals surface area contributed by atoms with Gasteiger partial charge in [-0.05, 0) is 5.70 Å². The SMILES string of the molecule is C=C[Si](=O)F. The lowest BCUT2D eigenvalue weighted by molar-refractivity contribution is 0.528. The first-order chi connectivity index (χ1) is 2.27. The predicted molar refractivity (Wildman–Crippen MR) is 17.7 cm³/mol. The molecule has 0 saturated heterocycles. The van der Waals surface area contributed by atoms with E-state index in [9.17, 15) is 8.57 Å². The van der Waals surface area contributed by atoms with Crippen molar-refractivity contribution in [3.63, 3.8) is 0 Å². The number of rotatable bonds is 1. The zero-order valence-electron chi connectivity index (χ0n) is 2.57. The molecule has 3 heteroatoms. The second-order valence-corrected chi connectivity index (χ2v) is 1.52. The van der Waals surface area contributed by atoms with Gasteiger partial charge in [0.1, 0.15) is 0 Å². The number of hydrogen-bond acceptors (Lipinski definition) is 1. The summed E-state index contributed by atoms with van der Waals surface area (Å²) in [5, 5.41) is 0. The highest BCUT2D eigenvalue weighted by Crippen LogP contribution is 1.63. The Balaban J connectivity index is 3.20. The molecule has 0 aromatic carbocycles. The van der Waals surface area contributed by atoms with E-state index >= 15 is 0 Å². The third kappa shape index (κ3) is 3.69. The summed E-state index contributed by atoms with van der Waals surface area (Å²) in [6.45, 7) is 2.92. The maximum Gasteiger partial charge on any atom is 0.509 e. The van der Waals surface area contributed by atoms with Crippen LogP contribution in [-0.4, -0.2) is 9.02 Å². The lowest BCUT2D eigenvalue weighted by Gasteiger charge is -1.53. The van der Waals surface area contributed by atoms with Crippen molar-refractivity contribution in [2.45, 2.75) is 0 Å². The fourth-order valence-corrected chi connectivity index (χ4v) is 0. The Morgan fingerprint density at radius 1 is 2.00 bits per heavy atom. The van der Waals surface area contributed by atoms with Crippen molar-refractivity contribution in [3.8, 4) is 0 Å². The molecule has 1 nitrogen and oxygen atoms in total. The van der Waals surface area contributed by atoms with Crippen LogP contribution in [0.4, 0.5) is 4.11 Å². The number of hydrogen-bond donors (Lipinski definition) is 0. The highest BCUT2D eigenvalue weighted by molar-refractivity contribution is 6.40. The monoisotopic (exact) mass is 90.0 g/mol. The summed E-state index contributed by atoms with van der Waals surface area (Å²) in [7, 11) is -2.86. The molecular weight excluding hydrogens is 87.1 g/mol. The molecule has 0 fully saturated rings. The molecule has 0 spiro atoms. The van der Waals surface area contributed by atoms with Gasteiger partial charge in [0.15, 0.2) is 0 Å². The van der Waals surface area contributed by atoms with E-state index in [-0.39, 0.29) is 0 Å². The molecule has 5 heavy (non-hydrogen) atoms. The number of halogens is 1. The van der Waals surface area contributed by atoms with E-state index in [2.05, 4.69) is 6.58 Å². The lowest BCUT2D eigenvalue weighted by atomic mass is 11.3. The Labute approximate surface area is 31.0 Å². The summed E-state index contributed by atoms with van der Waals surface area (Å²) in [5.41, 5.74) is 0.796. The molecule has 0 aromatic rings. The van der Waals surface area contributed by atoms with Crippen molar-refractivity contribution >= 4 is 9.02 Å². The summed E-state index contributed by atoms with van der Waals surface area (Å²) in [5.74, 6) is 0. The van der Waals surface area contributed by atoms with Gasteiger partial charge in [-0.2, -0.15) is 0 Å². The standard InChI is InChI=1S/C2H3FOSi/c1-2-5(3)4/h2H,1H2. The summed E-state index contributed by atoms with van der Waals surface area (Å²) in [6, 6.07) is 0. The minimum Gasteiger partial charge on any atom is -0.340 e. The van der Waals surface area contributed by atoms with Gasteiger partial charge in [0.05, 0.1) is 0 Å². The van der Waals surface area contributed by atoms with Crippen LogP contribution in [0, 0.1) is 0 Å². The van der Waals surface area contributed by atoms with Gasteiger partial charge >= 0.3 is 9.02 Å². The molecule has 0 aromatic heterocycles. The molecule has 0 aliphatic rings. The van der Waals surface area contributed by atoms with E-state index in [0.29, 0.717) is 0 Å². The largest absolute Gasteiger partial charge is 0.509 e. The van der Waals surface area contributed by atoms with E-state index in [4.69, 9.17) is 0 Å². The molecule has 0 unspecified atom stereocenters. The molecule has 0 saturated carbocycles. The van der Waals surface area contributed by atoms with E-state index in [0.717, 1.165) is 5.70 Å². The van der Waals surface area contributed by atoms with Crippen LogP contribution < -0.4 is 0 Å². The maximum absolute atomic E-state index is 10.9. The molecule has 0 bridgehead atoms. The second-order valence-electron chi connectivity index (χ2n) is 0.508. The maximum atomic E-state index is 10.9. The average molecular weight is 90.1 g/mol. The van der Waals surface area contributed by atoms with E-state index in [1.165, 1.54) is 0 Å². The van der Waals surface area contributed by atoms with Crippen molar-refractivity contribution in [1.29, 1.82) is 0 Å². The quantitative estimate of drug-likeness (QED) is 0.340. The van der Waals surface area contributed by atoms with Crippen LogP contribution in [0.1, 0.15) is 0 Å². The Morgan fingerprint density at radius 3 is 2.20 bits per heavy atom. The Hall–Kier alpha value is -0.313. The zero-order valence-corrected chi connectivity index (χ0v) is 3.57. The van der Waals surface area contributed by atoms with Gasteiger partial charge in [-0.15, -0.1) is 0 Å². The molecule has 0 aliphatic carbocycles. The first-order valence-corrected chi connectivity index (χ1v) is 2.45. The topological polar surface area (TPSA) is 17.1 Å². The molecule has 0 aliphatic heterocycles. The van der Waals surface area contributed by atoms with Crippen molar-refractivity contribution < 1.29 is 8.57 Å². The van der Waals surface area contributed by atoms with E-state index in [1.54, 1.807) is 0 Å². The van der Waals surface area contributed by atoms with Crippen molar-refractivity contribution in [2.75, 3.05) is 0 Å². The van der Waals surface area contributed by atoms with Gasteiger partial charge in [0.2, 0.25) is 0 Å². The van der Waals surface area contributed by atoms with Gasteiger partial charge < -0.3 is 4.46 Å². The van der Waals surface area contributed by atoms with Crippen LogP contribution in [0.5, 0.6) is 0 Å². The molecule has 0 N–H and O–H groups in total. The van der Waals surface area contributed by atoms with Crippen molar-refractivity contribution in [1.82, 2.24) is 0 Å². The third-order valence-electron chi connectivity index (χ3n) is 0.160. The third-order valence-corrected chi connectivity index (χ3v) is 0.481. The highest BCUT2D eigenvalue weighted by Gasteiger charge is 1.85. The van der Waals surface area contributed by atoms with E-state index in [1.807, 2.05) is 0 Å². The second kappa shape index (κ2) is 1.96. The lowest BCUT2D eigenvalue weighted by Crippen LogP contribution is -1.75.